The molecule has 0 N–H and O–H groups in total. The SMILES string of the molecule is CCn1nc(C)c(CN(C)C(=O)c2sc3ccccc3c2Cl)c1C. The summed E-state index contributed by atoms with van der Waals surface area (Å²) in [4.78, 5) is 15.2. The van der Waals surface area contributed by atoms with E-state index in [1.165, 1.54) is 11.3 Å². The maximum atomic E-state index is 12.9. The van der Waals surface area contributed by atoms with Gasteiger partial charge in [-0.1, -0.05) is 29.8 Å². The van der Waals surface area contributed by atoms with Crippen molar-refractivity contribution in [3.05, 3.63) is 51.1 Å². The van der Waals surface area contributed by atoms with Crippen LogP contribution >= 0.6 is 22.9 Å². The molecule has 0 saturated heterocycles. The molecule has 0 aliphatic carbocycles. The smallest absolute Gasteiger partial charge is 0.265 e. The van der Waals surface area contributed by atoms with Crippen molar-refractivity contribution in [3.63, 3.8) is 0 Å². The number of carbonyl (C=O) groups is 1. The van der Waals surface area contributed by atoms with Crippen LogP contribution in [-0.4, -0.2) is 27.6 Å². The molecule has 0 aliphatic heterocycles. The molecule has 0 spiro atoms. The van der Waals surface area contributed by atoms with Crippen LogP contribution in [0.2, 0.25) is 5.02 Å². The molecule has 0 unspecified atom stereocenters. The maximum Gasteiger partial charge on any atom is 0.265 e. The Balaban J connectivity index is 1.89. The fourth-order valence-electron chi connectivity index (χ4n) is 2.90. The number of hydrogen-bond donors (Lipinski definition) is 0. The van der Waals surface area contributed by atoms with Crippen LogP contribution in [0.25, 0.3) is 10.1 Å². The molecule has 2 heterocycles. The van der Waals surface area contributed by atoms with Crippen LogP contribution < -0.4 is 0 Å². The van der Waals surface area contributed by atoms with Crippen LogP contribution in [0.4, 0.5) is 0 Å². The number of thiophene rings is 1. The van der Waals surface area contributed by atoms with Crippen molar-refractivity contribution in [2.75, 3.05) is 7.05 Å². The highest BCUT2D eigenvalue weighted by Gasteiger charge is 2.22. The molecule has 3 rings (SSSR count). The van der Waals surface area contributed by atoms with E-state index in [2.05, 4.69) is 12.0 Å². The number of rotatable bonds is 4. The van der Waals surface area contributed by atoms with Crippen LogP contribution in [-0.2, 0) is 13.1 Å². The van der Waals surface area contributed by atoms with Gasteiger partial charge in [-0.2, -0.15) is 5.10 Å². The molecule has 0 saturated carbocycles. The highest BCUT2D eigenvalue weighted by Crippen LogP contribution is 2.36. The molecule has 2 aromatic heterocycles. The highest BCUT2D eigenvalue weighted by molar-refractivity contribution is 7.21. The Morgan fingerprint density at radius 2 is 2.04 bits per heavy atom. The zero-order valence-corrected chi connectivity index (χ0v) is 15.8. The molecular weight excluding hydrogens is 342 g/mol. The van der Waals surface area contributed by atoms with E-state index >= 15 is 0 Å². The minimum atomic E-state index is -0.0516. The topological polar surface area (TPSA) is 38.1 Å². The summed E-state index contributed by atoms with van der Waals surface area (Å²) < 4.78 is 3.00. The highest BCUT2D eigenvalue weighted by atomic mass is 35.5. The summed E-state index contributed by atoms with van der Waals surface area (Å²) in [6.07, 6.45) is 0. The average Bonchev–Trinajstić information content (AvgIpc) is 3.05. The van der Waals surface area contributed by atoms with Crippen molar-refractivity contribution in [1.82, 2.24) is 14.7 Å². The summed E-state index contributed by atoms with van der Waals surface area (Å²) in [5.41, 5.74) is 3.18. The number of aromatic nitrogens is 2. The third kappa shape index (κ3) is 2.82. The molecule has 126 valence electrons. The summed E-state index contributed by atoms with van der Waals surface area (Å²) >= 11 is 7.88. The molecule has 0 bridgehead atoms. The van der Waals surface area contributed by atoms with Crippen LogP contribution in [0.15, 0.2) is 24.3 Å². The number of benzene rings is 1. The van der Waals surface area contributed by atoms with Crippen LogP contribution in [0.5, 0.6) is 0 Å². The van der Waals surface area contributed by atoms with Crippen molar-refractivity contribution in [2.24, 2.45) is 0 Å². The van der Waals surface area contributed by atoms with Crippen molar-refractivity contribution < 1.29 is 4.79 Å². The third-order valence-electron chi connectivity index (χ3n) is 4.30. The fraction of sp³-hybridized carbons (Fsp3) is 0.333. The van der Waals surface area contributed by atoms with Crippen LogP contribution in [0.1, 0.15) is 33.5 Å². The van der Waals surface area contributed by atoms with E-state index in [9.17, 15) is 4.79 Å². The number of carbonyl (C=O) groups excluding carboxylic acids is 1. The van der Waals surface area contributed by atoms with Gasteiger partial charge in [0.1, 0.15) is 4.88 Å². The Hall–Kier alpha value is -1.85. The number of halogens is 1. The number of nitrogens with zero attached hydrogens (tertiary/aromatic N) is 3. The molecular formula is C18H20ClN3OS. The predicted octanol–water partition coefficient (Wildman–Crippen LogP) is 4.66. The first kappa shape index (κ1) is 17.0. The van der Waals surface area contributed by atoms with Crippen molar-refractivity contribution >= 4 is 38.9 Å². The van der Waals surface area contributed by atoms with E-state index in [0.29, 0.717) is 16.4 Å². The van der Waals surface area contributed by atoms with E-state index in [-0.39, 0.29) is 5.91 Å². The first-order chi connectivity index (χ1) is 11.4. The maximum absolute atomic E-state index is 12.9. The Kier molecular flexibility index (Phi) is 4.65. The van der Waals surface area contributed by atoms with Gasteiger partial charge >= 0.3 is 0 Å². The number of hydrogen-bond acceptors (Lipinski definition) is 3. The lowest BCUT2D eigenvalue weighted by molar-refractivity contribution is 0.0789. The summed E-state index contributed by atoms with van der Waals surface area (Å²) in [7, 11) is 1.81. The van der Waals surface area contributed by atoms with Gasteiger partial charge in [0, 0.05) is 41.5 Å². The van der Waals surface area contributed by atoms with Crippen molar-refractivity contribution in [1.29, 1.82) is 0 Å². The molecule has 4 nitrogen and oxygen atoms in total. The molecule has 1 aromatic carbocycles. The lowest BCUT2D eigenvalue weighted by Crippen LogP contribution is -2.26. The number of aryl methyl sites for hydroxylation is 2. The Labute approximate surface area is 150 Å². The zero-order chi connectivity index (χ0) is 17.4. The van der Waals surface area contributed by atoms with Gasteiger partial charge in [-0.15, -0.1) is 11.3 Å². The van der Waals surface area contributed by atoms with E-state index in [1.807, 2.05) is 49.8 Å². The van der Waals surface area contributed by atoms with E-state index in [4.69, 9.17) is 11.6 Å². The Morgan fingerprint density at radius 1 is 1.33 bits per heavy atom. The van der Waals surface area contributed by atoms with Gasteiger partial charge in [0.15, 0.2) is 0 Å². The standard InChI is InChI=1S/C18H20ClN3OS/c1-5-22-12(3)14(11(2)20-22)10-21(4)18(23)17-16(19)13-8-6-7-9-15(13)24-17/h6-9H,5,10H2,1-4H3. The molecule has 0 radical (unpaired) electrons. The zero-order valence-electron chi connectivity index (χ0n) is 14.3. The lowest BCUT2D eigenvalue weighted by Gasteiger charge is -2.17. The summed E-state index contributed by atoms with van der Waals surface area (Å²) in [6.45, 7) is 7.45. The Morgan fingerprint density at radius 3 is 2.67 bits per heavy atom. The van der Waals surface area contributed by atoms with Crippen molar-refractivity contribution in [2.45, 2.75) is 33.9 Å². The molecule has 1 amide bonds. The number of fused-ring (bicyclic) bond motifs is 1. The minimum Gasteiger partial charge on any atom is -0.336 e. The first-order valence-corrected chi connectivity index (χ1v) is 9.08. The average molecular weight is 362 g/mol. The second-order valence-electron chi connectivity index (χ2n) is 5.87. The molecule has 3 aromatic rings. The van der Waals surface area contributed by atoms with Gasteiger partial charge in [-0.25, -0.2) is 0 Å². The Bertz CT molecular complexity index is 913. The lowest BCUT2D eigenvalue weighted by atomic mass is 10.2. The number of amides is 1. The van der Waals surface area contributed by atoms with Crippen LogP contribution in [0.3, 0.4) is 0 Å². The van der Waals surface area contributed by atoms with Gasteiger partial charge in [0.25, 0.3) is 5.91 Å². The predicted molar refractivity (Wildman–Crippen MR) is 100 cm³/mol. The monoisotopic (exact) mass is 361 g/mol. The summed E-state index contributed by atoms with van der Waals surface area (Å²) in [5.74, 6) is -0.0516. The molecule has 24 heavy (non-hydrogen) atoms. The van der Waals surface area contributed by atoms with Crippen molar-refractivity contribution in [3.8, 4) is 0 Å². The van der Waals surface area contributed by atoms with Gasteiger partial charge in [-0.05, 0) is 26.8 Å². The fourth-order valence-corrected chi connectivity index (χ4v) is 4.41. The van der Waals surface area contributed by atoms with E-state index in [1.54, 1.807) is 4.90 Å². The molecule has 0 fully saturated rings. The van der Waals surface area contributed by atoms with Gasteiger partial charge in [0.05, 0.1) is 10.7 Å². The molecule has 6 heteroatoms. The quantitative estimate of drug-likeness (QED) is 0.677. The third-order valence-corrected chi connectivity index (χ3v) is 5.97. The normalized spacial score (nSPS) is 11.2. The van der Waals surface area contributed by atoms with Gasteiger partial charge < -0.3 is 4.90 Å². The molecule has 0 atom stereocenters. The van der Waals surface area contributed by atoms with E-state index in [0.717, 1.165) is 33.6 Å². The van der Waals surface area contributed by atoms with Gasteiger partial charge in [0.2, 0.25) is 0 Å². The summed E-state index contributed by atoms with van der Waals surface area (Å²) in [6, 6.07) is 7.83. The largest absolute Gasteiger partial charge is 0.336 e. The van der Waals surface area contributed by atoms with Gasteiger partial charge in [-0.3, -0.25) is 9.48 Å². The molecule has 0 aliphatic rings. The second-order valence-corrected chi connectivity index (χ2v) is 7.30. The summed E-state index contributed by atoms with van der Waals surface area (Å²) in [5, 5.41) is 6.00. The van der Waals surface area contributed by atoms with Crippen LogP contribution in [0, 0.1) is 13.8 Å². The first-order valence-electron chi connectivity index (χ1n) is 7.89. The second kappa shape index (κ2) is 6.57. The van der Waals surface area contributed by atoms with E-state index < -0.39 is 0 Å². The minimum absolute atomic E-state index is 0.0516.